The number of likely N-dealkylation sites (tertiary alicyclic amines) is 1. The quantitative estimate of drug-likeness (QED) is 0.748. The summed E-state index contributed by atoms with van der Waals surface area (Å²) in [5.41, 5.74) is 0.893. The number of piperidine rings is 1. The van der Waals surface area contributed by atoms with Crippen molar-refractivity contribution in [2.24, 2.45) is 0 Å². The van der Waals surface area contributed by atoms with E-state index in [9.17, 15) is 9.59 Å². The number of hydrogen-bond donors (Lipinski definition) is 3. The molecular weight excluding hydrogens is 276 g/mol. The van der Waals surface area contributed by atoms with Crippen molar-refractivity contribution >= 4 is 12.0 Å². The van der Waals surface area contributed by atoms with Crippen LogP contribution in [0, 0.1) is 0 Å². The fourth-order valence-corrected chi connectivity index (χ4v) is 2.39. The first-order valence-electron chi connectivity index (χ1n) is 6.90. The summed E-state index contributed by atoms with van der Waals surface area (Å²) in [6, 6.07) is -0.228. The van der Waals surface area contributed by atoms with Gasteiger partial charge in [0.1, 0.15) is 0 Å². The molecule has 8 heteroatoms. The fraction of sp³-hybridized carbons (Fsp3) is 0.615. The maximum Gasteiger partial charge on any atom is 0.407 e. The number of ether oxygens (including phenoxy) is 1. The van der Waals surface area contributed by atoms with E-state index >= 15 is 0 Å². The van der Waals surface area contributed by atoms with Gasteiger partial charge in [-0.05, 0) is 12.8 Å². The van der Waals surface area contributed by atoms with Crippen LogP contribution >= 0.6 is 0 Å². The van der Waals surface area contributed by atoms with Gasteiger partial charge in [0.25, 0.3) is 5.91 Å². The lowest BCUT2D eigenvalue weighted by Gasteiger charge is -2.36. The third kappa shape index (κ3) is 3.52. The zero-order valence-electron chi connectivity index (χ0n) is 12.1. The first-order valence-corrected chi connectivity index (χ1v) is 6.90. The van der Waals surface area contributed by atoms with Crippen molar-refractivity contribution in [1.29, 1.82) is 0 Å². The van der Waals surface area contributed by atoms with Crippen molar-refractivity contribution in [3.05, 3.63) is 17.7 Å². The van der Waals surface area contributed by atoms with Gasteiger partial charge in [0.05, 0.1) is 18.7 Å². The van der Waals surface area contributed by atoms with Gasteiger partial charge < -0.3 is 25.0 Å². The van der Waals surface area contributed by atoms with Crippen LogP contribution < -0.4 is 5.32 Å². The maximum absolute atomic E-state index is 12.1. The highest BCUT2D eigenvalue weighted by molar-refractivity contribution is 5.90. The summed E-state index contributed by atoms with van der Waals surface area (Å²) in [5.74, 6) is -0.0344. The van der Waals surface area contributed by atoms with Crippen LogP contribution in [0.15, 0.2) is 6.20 Å². The Bertz CT molecular complexity index is 516. The molecule has 1 aliphatic heterocycles. The minimum atomic E-state index is -0.972. The van der Waals surface area contributed by atoms with E-state index in [0.29, 0.717) is 13.0 Å². The number of carbonyl (C=O) groups is 2. The maximum atomic E-state index is 12.1. The minimum absolute atomic E-state index is 0.228. The predicted octanol–water partition coefficient (Wildman–Crippen LogP) is 0.469. The molecular formula is C13H20N4O4. The molecule has 1 aromatic heterocycles. The molecule has 8 nitrogen and oxygen atoms in total. The number of aromatic amines is 1. The summed E-state index contributed by atoms with van der Waals surface area (Å²) in [6.45, 7) is 2.59. The molecule has 0 radical (unpaired) electrons. The van der Waals surface area contributed by atoms with Gasteiger partial charge >= 0.3 is 6.09 Å². The topological polar surface area (TPSA) is 108 Å². The van der Waals surface area contributed by atoms with Gasteiger partial charge in [-0.2, -0.15) is 0 Å². The molecule has 2 amide bonds. The molecule has 1 saturated heterocycles. The Morgan fingerprint density at radius 2 is 2.38 bits per heavy atom. The molecule has 3 N–H and O–H groups in total. The lowest BCUT2D eigenvalue weighted by atomic mass is 10.0. The molecule has 2 unspecified atom stereocenters. The van der Waals surface area contributed by atoms with Crippen LogP contribution in [0.25, 0.3) is 0 Å². The summed E-state index contributed by atoms with van der Waals surface area (Å²) < 4.78 is 5.30. The molecule has 2 rings (SSSR count). The first-order chi connectivity index (χ1) is 10.0. The Balaban J connectivity index is 1.98. The Morgan fingerprint density at radius 1 is 1.62 bits per heavy atom. The zero-order chi connectivity index (χ0) is 15.4. The number of carboxylic acid groups (broad SMARTS) is 1. The van der Waals surface area contributed by atoms with Gasteiger partial charge in [-0.1, -0.05) is 6.92 Å². The van der Waals surface area contributed by atoms with Crippen LogP contribution in [-0.2, 0) is 11.2 Å². The van der Waals surface area contributed by atoms with E-state index in [1.165, 1.54) is 12.0 Å². The summed E-state index contributed by atoms with van der Waals surface area (Å²) in [4.78, 5) is 31.4. The van der Waals surface area contributed by atoms with Crippen molar-refractivity contribution in [3.8, 4) is 0 Å². The van der Waals surface area contributed by atoms with E-state index in [0.717, 1.165) is 12.1 Å². The molecule has 2 heterocycles. The van der Waals surface area contributed by atoms with Crippen LogP contribution in [0.4, 0.5) is 4.79 Å². The lowest BCUT2D eigenvalue weighted by molar-refractivity contribution is 0.0100. The predicted molar refractivity (Wildman–Crippen MR) is 74.2 cm³/mol. The second-order valence-corrected chi connectivity index (χ2v) is 4.98. The number of H-pyrrole nitrogens is 1. The number of nitrogens with one attached hydrogen (secondary N) is 2. The van der Waals surface area contributed by atoms with Crippen LogP contribution in [-0.4, -0.2) is 64.3 Å². The molecule has 1 aromatic rings. The Morgan fingerprint density at radius 3 is 2.95 bits per heavy atom. The summed E-state index contributed by atoms with van der Waals surface area (Å²) in [7, 11) is 1.51. The van der Waals surface area contributed by atoms with Crippen LogP contribution in [0.5, 0.6) is 0 Å². The second kappa shape index (κ2) is 6.57. The lowest BCUT2D eigenvalue weighted by Crippen LogP contribution is -2.55. The Labute approximate surface area is 122 Å². The highest BCUT2D eigenvalue weighted by Crippen LogP contribution is 2.14. The normalized spacial score (nSPS) is 22.1. The van der Waals surface area contributed by atoms with Crippen LogP contribution in [0.3, 0.4) is 0 Å². The highest BCUT2D eigenvalue weighted by atomic mass is 16.5. The molecule has 0 bridgehead atoms. The molecule has 1 fully saturated rings. The molecule has 0 spiro atoms. The monoisotopic (exact) mass is 296 g/mol. The van der Waals surface area contributed by atoms with E-state index in [1.807, 2.05) is 6.92 Å². The van der Waals surface area contributed by atoms with Gasteiger partial charge in [-0.3, -0.25) is 4.79 Å². The first kappa shape index (κ1) is 15.3. The number of rotatable bonds is 4. The Hall–Kier alpha value is -2.09. The molecule has 2 atom stereocenters. The molecule has 0 aromatic carbocycles. The third-order valence-corrected chi connectivity index (χ3v) is 3.67. The molecule has 116 valence electrons. The van der Waals surface area contributed by atoms with Crippen molar-refractivity contribution in [2.45, 2.75) is 31.9 Å². The molecule has 1 aliphatic rings. The molecule has 0 aliphatic carbocycles. The summed E-state index contributed by atoms with van der Waals surface area (Å²) in [6.07, 6.45) is 1.59. The second-order valence-electron chi connectivity index (χ2n) is 4.98. The number of carbonyl (C=O) groups excluding carboxylic acids is 1. The van der Waals surface area contributed by atoms with E-state index < -0.39 is 6.09 Å². The molecule has 21 heavy (non-hydrogen) atoms. The van der Waals surface area contributed by atoms with Gasteiger partial charge in [0.15, 0.2) is 5.82 Å². The highest BCUT2D eigenvalue weighted by Gasteiger charge is 2.33. The molecule has 0 saturated carbocycles. The van der Waals surface area contributed by atoms with E-state index in [1.54, 1.807) is 6.20 Å². The van der Waals surface area contributed by atoms with Crippen molar-refractivity contribution in [1.82, 2.24) is 20.2 Å². The fourth-order valence-electron chi connectivity index (χ4n) is 2.39. The number of nitrogens with zero attached hydrogens (tertiary/aromatic N) is 2. The van der Waals surface area contributed by atoms with Gasteiger partial charge in [-0.15, -0.1) is 0 Å². The standard InChI is InChI=1S/C13H20N4O4/c1-3-8-6-14-11(15-8)12(18)16-9-4-5-17(13(19)20)7-10(9)21-2/h6,9-10H,3-5,7H2,1-2H3,(H,14,15)(H,16,18)(H,19,20). The average Bonchev–Trinajstić information content (AvgIpc) is 2.96. The SMILES string of the molecule is CCc1cnc(C(=O)NC2CCN(C(=O)O)CC2OC)[nH]1. The van der Waals surface area contributed by atoms with E-state index in [2.05, 4.69) is 15.3 Å². The van der Waals surface area contributed by atoms with Gasteiger partial charge in [0.2, 0.25) is 0 Å². The number of methoxy groups -OCH3 is 1. The summed E-state index contributed by atoms with van der Waals surface area (Å²) in [5, 5.41) is 11.9. The van der Waals surface area contributed by atoms with Crippen molar-refractivity contribution in [2.75, 3.05) is 20.2 Å². The van der Waals surface area contributed by atoms with Crippen molar-refractivity contribution < 1.29 is 19.4 Å². The van der Waals surface area contributed by atoms with Crippen LogP contribution in [0.1, 0.15) is 29.7 Å². The largest absolute Gasteiger partial charge is 0.465 e. The van der Waals surface area contributed by atoms with Gasteiger partial charge in [-0.25, -0.2) is 9.78 Å². The van der Waals surface area contributed by atoms with Crippen molar-refractivity contribution in [3.63, 3.8) is 0 Å². The third-order valence-electron chi connectivity index (χ3n) is 3.67. The number of aryl methyl sites for hydroxylation is 1. The summed E-state index contributed by atoms with van der Waals surface area (Å²) >= 11 is 0. The number of imidazole rings is 1. The van der Waals surface area contributed by atoms with E-state index in [-0.39, 0.29) is 30.4 Å². The smallest absolute Gasteiger partial charge is 0.407 e. The van der Waals surface area contributed by atoms with Gasteiger partial charge in [0, 0.05) is 25.5 Å². The number of aromatic nitrogens is 2. The number of hydrogen-bond acceptors (Lipinski definition) is 4. The van der Waals surface area contributed by atoms with Crippen LogP contribution in [0.2, 0.25) is 0 Å². The average molecular weight is 296 g/mol. The Kier molecular flexibility index (Phi) is 4.79. The van der Waals surface area contributed by atoms with E-state index in [4.69, 9.17) is 9.84 Å². The zero-order valence-corrected chi connectivity index (χ0v) is 12.1. The minimum Gasteiger partial charge on any atom is -0.465 e. The number of amides is 2.